The van der Waals surface area contributed by atoms with Gasteiger partial charge in [-0.25, -0.2) is 4.98 Å². The zero-order chi connectivity index (χ0) is 14.0. The molecule has 0 bridgehead atoms. The van der Waals surface area contributed by atoms with E-state index in [-0.39, 0.29) is 6.42 Å². The van der Waals surface area contributed by atoms with Crippen molar-refractivity contribution in [1.82, 2.24) is 4.98 Å². The summed E-state index contributed by atoms with van der Waals surface area (Å²) in [6.07, 6.45) is 8.99. The first-order valence-corrected chi connectivity index (χ1v) is 8.46. The number of rotatable bonds is 4. The van der Waals surface area contributed by atoms with Crippen LogP contribution >= 0.6 is 11.3 Å². The smallest absolute Gasteiger partial charge is 0.303 e. The molecule has 1 aromatic rings. The first kappa shape index (κ1) is 13.9. The van der Waals surface area contributed by atoms with Gasteiger partial charge in [-0.3, -0.25) is 4.79 Å². The average Bonchev–Trinajstić information content (AvgIpc) is 3.08. The Hall–Kier alpha value is -1.10. The van der Waals surface area contributed by atoms with Crippen molar-refractivity contribution in [3.8, 4) is 0 Å². The minimum absolute atomic E-state index is 0.173. The molecule has 2 aliphatic rings. The van der Waals surface area contributed by atoms with Crippen molar-refractivity contribution >= 4 is 22.4 Å². The van der Waals surface area contributed by atoms with Crippen molar-refractivity contribution in [1.29, 1.82) is 0 Å². The van der Waals surface area contributed by atoms with Crippen molar-refractivity contribution in [3.63, 3.8) is 0 Å². The molecule has 0 amide bonds. The normalized spacial score (nSPS) is 21.5. The van der Waals surface area contributed by atoms with E-state index in [4.69, 9.17) is 5.11 Å². The molecule has 5 heteroatoms. The predicted octanol–water partition coefficient (Wildman–Crippen LogP) is 3.32. The summed E-state index contributed by atoms with van der Waals surface area (Å²) in [7, 11) is 0. The van der Waals surface area contributed by atoms with Gasteiger partial charge in [-0.15, -0.1) is 11.3 Å². The molecule has 0 radical (unpaired) electrons. The van der Waals surface area contributed by atoms with E-state index < -0.39 is 5.97 Å². The molecule has 0 unspecified atom stereocenters. The van der Waals surface area contributed by atoms with E-state index in [9.17, 15) is 4.79 Å². The Balaban J connectivity index is 1.56. The highest BCUT2D eigenvalue weighted by Crippen LogP contribution is 2.46. The Morgan fingerprint density at radius 3 is 2.65 bits per heavy atom. The molecular weight excluding hydrogens is 272 g/mol. The van der Waals surface area contributed by atoms with Crippen LogP contribution in [0.4, 0.5) is 5.13 Å². The van der Waals surface area contributed by atoms with E-state index in [0.717, 1.165) is 23.9 Å². The highest BCUT2D eigenvalue weighted by molar-refractivity contribution is 7.13. The summed E-state index contributed by atoms with van der Waals surface area (Å²) >= 11 is 1.66. The zero-order valence-electron chi connectivity index (χ0n) is 11.8. The molecule has 1 N–H and O–H groups in total. The molecule has 3 rings (SSSR count). The van der Waals surface area contributed by atoms with Gasteiger partial charge in [-0.05, 0) is 31.1 Å². The number of aromatic nitrogens is 1. The van der Waals surface area contributed by atoms with Gasteiger partial charge in [-0.1, -0.05) is 12.8 Å². The Morgan fingerprint density at radius 2 is 2.00 bits per heavy atom. The molecule has 2 fully saturated rings. The lowest BCUT2D eigenvalue weighted by atomic mass is 9.77. The van der Waals surface area contributed by atoms with Gasteiger partial charge in [0.2, 0.25) is 0 Å². The largest absolute Gasteiger partial charge is 0.481 e. The number of aliphatic carboxylic acids is 1. The Kier molecular flexibility index (Phi) is 3.96. The van der Waals surface area contributed by atoms with Gasteiger partial charge in [0.05, 0.1) is 12.1 Å². The summed E-state index contributed by atoms with van der Waals surface area (Å²) in [5, 5.41) is 11.8. The fraction of sp³-hybridized carbons (Fsp3) is 0.733. The van der Waals surface area contributed by atoms with Crippen LogP contribution in [0.25, 0.3) is 0 Å². The second-order valence-corrected chi connectivity index (χ2v) is 7.05. The lowest BCUT2D eigenvalue weighted by Crippen LogP contribution is -2.38. The van der Waals surface area contributed by atoms with Crippen LogP contribution < -0.4 is 4.90 Å². The molecule has 1 aliphatic heterocycles. The van der Waals surface area contributed by atoms with E-state index >= 15 is 0 Å². The maximum absolute atomic E-state index is 10.6. The summed E-state index contributed by atoms with van der Waals surface area (Å²) in [6, 6.07) is 0. The van der Waals surface area contributed by atoms with Gasteiger partial charge in [-0.2, -0.15) is 0 Å². The van der Waals surface area contributed by atoms with Crippen molar-refractivity contribution < 1.29 is 9.90 Å². The quantitative estimate of drug-likeness (QED) is 0.925. The van der Waals surface area contributed by atoms with Crippen LogP contribution in [0, 0.1) is 5.41 Å². The fourth-order valence-corrected chi connectivity index (χ4v) is 4.50. The minimum Gasteiger partial charge on any atom is -0.481 e. The minimum atomic E-state index is -0.749. The van der Waals surface area contributed by atoms with E-state index in [2.05, 4.69) is 9.88 Å². The third kappa shape index (κ3) is 2.97. The molecule has 1 aliphatic carbocycles. The number of nitrogens with zero attached hydrogens (tertiary/aromatic N) is 2. The molecule has 1 saturated heterocycles. The second-order valence-electron chi connectivity index (χ2n) is 6.21. The number of aryl methyl sites for hydroxylation is 1. The van der Waals surface area contributed by atoms with Crippen LogP contribution in [-0.2, 0) is 11.2 Å². The maximum Gasteiger partial charge on any atom is 0.303 e. The molecule has 110 valence electrons. The third-order valence-corrected chi connectivity index (χ3v) is 5.84. The molecule has 1 spiro atoms. The summed E-state index contributed by atoms with van der Waals surface area (Å²) in [5.41, 5.74) is 1.56. The SMILES string of the molecule is O=C(O)CCc1csc(N2CCC3(CCCC3)CC2)n1. The number of thiazole rings is 1. The summed E-state index contributed by atoms with van der Waals surface area (Å²) in [6.45, 7) is 2.23. The molecule has 1 aromatic heterocycles. The summed E-state index contributed by atoms with van der Waals surface area (Å²) < 4.78 is 0. The van der Waals surface area contributed by atoms with E-state index in [0.29, 0.717) is 11.8 Å². The zero-order valence-corrected chi connectivity index (χ0v) is 12.6. The molecule has 0 aromatic carbocycles. The Labute approximate surface area is 123 Å². The lowest BCUT2D eigenvalue weighted by molar-refractivity contribution is -0.136. The monoisotopic (exact) mass is 294 g/mol. The maximum atomic E-state index is 10.6. The standard InChI is InChI=1S/C15H22N2O2S/c18-13(19)4-3-12-11-20-14(16-12)17-9-7-15(8-10-17)5-1-2-6-15/h11H,1-10H2,(H,18,19). The lowest BCUT2D eigenvalue weighted by Gasteiger charge is -2.39. The summed E-state index contributed by atoms with van der Waals surface area (Å²) in [4.78, 5) is 17.6. The summed E-state index contributed by atoms with van der Waals surface area (Å²) in [5.74, 6) is -0.749. The van der Waals surface area contributed by atoms with Crippen LogP contribution in [0.15, 0.2) is 5.38 Å². The van der Waals surface area contributed by atoms with Crippen LogP contribution in [0.3, 0.4) is 0 Å². The van der Waals surface area contributed by atoms with Crippen molar-refractivity contribution in [3.05, 3.63) is 11.1 Å². The van der Waals surface area contributed by atoms with Gasteiger partial charge in [0.25, 0.3) is 0 Å². The fourth-order valence-electron chi connectivity index (χ4n) is 3.59. The highest BCUT2D eigenvalue weighted by atomic mass is 32.1. The molecule has 20 heavy (non-hydrogen) atoms. The molecule has 1 saturated carbocycles. The van der Waals surface area contributed by atoms with Crippen LogP contribution in [-0.4, -0.2) is 29.1 Å². The van der Waals surface area contributed by atoms with Gasteiger partial charge >= 0.3 is 5.97 Å². The third-order valence-electron chi connectivity index (χ3n) is 4.89. The van der Waals surface area contributed by atoms with Crippen LogP contribution in [0.2, 0.25) is 0 Å². The van der Waals surface area contributed by atoms with Crippen molar-refractivity contribution in [2.75, 3.05) is 18.0 Å². The predicted molar refractivity (Wildman–Crippen MR) is 80.4 cm³/mol. The van der Waals surface area contributed by atoms with E-state index in [1.165, 1.54) is 38.5 Å². The van der Waals surface area contributed by atoms with Gasteiger partial charge in [0.1, 0.15) is 0 Å². The first-order chi connectivity index (χ1) is 9.67. The number of carboxylic acids is 1. The number of anilines is 1. The Morgan fingerprint density at radius 1 is 1.30 bits per heavy atom. The molecule has 4 nitrogen and oxygen atoms in total. The molecule has 2 heterocycles. The van der Waals surface area contributed by atoms with E-state index in [1.54, 1.807) is 11.3 Å². The Bertz CT molecular complexity index is 470. The number of piperidine rings is 1. The number of hydrogen-bond donors (Lipinski definition) is 1. The van der Waals surface area contributed by atoms with Crippen LogP contribution in [0.1, 0.15) is 50.6 Å². The number of carbonyl (C=O) groups is 1. The average molecular weight is 294 g/mol. The van der Waals surface area contributed by atoms with Gasteiger partial charge in [0, 0.05) is 24.9 Å². The number of hydrogen-bond acceptors (Lipinski definition) is 4. The van der Waals surface area contributed by atoms with Gasteiger partial charge in [0.15, 0.2) is 5.13 Å². The van der Waals surface area contributed by atoms with Crippen molar-refractivity contribution in [2.45, 2.75) is 51.4 Å². The first-order valence-electron chi connectivity index (χ1n) is 7.58. The molecule has 0 atom stereocenters. The van der Waals surface area contributed by atoms with Crippen LogP contribution in [0.5, 0.6) is 0 Å². The van der Waals surface area contributed by atoms with E-state index in [1.807, 2.05) is 5.38 Å². The van der Waals surface area contributed by atoms with Crippen molar-refractivity contribution in [2.24, 2.45) is 5.41 Å². The number of carboxylic acid groups (broad SMARTS) is 1. The second kappa shape index (κ2) is 5.72. The topological polar surface area (TPSA) is 53.4 Å². The highest BCUT2D eigenvalue weighted by Gasteiger charge is 2.37. The van der Waals surface area contributed by atoms with Gasteiger partial charge < -0.3 is 10.0 Å². The molecular formula is C15H22N2O2S.